The summed E-state index contributed by atoms with van der Waals surface area (Å²) in [5, 5.41) is 9.28. The molecular formula is C10H12ClNO2. The molecule has 0 radical (unpaired) electrons. The molecule has 0 aromatic carbocycles. The Hall–Kier alpha value is -1.09. The molecule has 1 unspecified atom stereocenters. The van der Waals surface area contributed by atoms with Crippen molar-refractivity contribution >= 4 is 17.6 Å². The molecule has 0 fully saturated rings. The number of pyridine rings is 1. The fraction of sp³-hybridized carbons (Fsp3) is 0.400. The zero-order valence-electron chi connectivity index (χ0n) is 7.90. The van der Waals surface area contributed by atoms with Crippen LogP contribution < -0.4 is 0 Å². The minimum atomic E-state index is -0.846. The summed E-state index contributed by atoms with van der Waals surface area (Å²) < 4.78 is 0. The van der Waals surface area contributed by atoms with Gasteiger partial charge in [-0.1, -0.05) is 31.0 Å². The van der Waals surface area contributed by atoms with E-state index in [1.807, 2.05) is 6.92 Å². The van der Waals surface area contributed by atoms with E-state index in [2.05, 4.69) is 4.98 Å². The molecule has 0 spiro atoms. The van der Waals surface area contributed by atoms with Crippen molar-refractivity contribution in [3.05, 3.63) is 29.0 Å². The van der Waals surface area contributed by atoms with E-state index in [0.29, 0.717) is 12.0 Å². The molecule has 0 saturated carbocycles. The zero-order chi connectivity index (χ0) is 10.6. The lowest BCUT2D eigenvalue weighted by Gasteiger charge is -2.11. The molecule has 0 aliphatic heterocycles. The van der Waals surface area contributed by atoms with Gasteiger partial charge in [-0.15, -0.1) is 0 Å². The van der Waals surface area contributed by atoms with Gasteiger partial charge in [-0.05, 0) is 12.5 Å². The number of halogens is 1. The molecule has 1 rings (SSSR count). The monoisotopic (exact) mass is 213 g/mol. The Morgan fingerprint density at radius 2 is 2.43 bits per heavy atom. The molecule has 0 amide bonds. The maximum Gasteiger partial charge on any atom is 0.311 e. The molecule has 1 aromatic heterocycles. The van der Waals surface area contributed by atoms with Gasteiger partial charge in [-0.2, -0.15) is 0 Å². The van der Waals surface area contributed by atoms with Crippen LogP contribution in [0.2, 0.25) is 5.15 Å². The second kappa shape index (κ2) is 4.96. The number of aliphatic carboxylic acids is 1. The standard InChI is InChI=1S/C10H12ClNO2/c1-2-4-8(10(13)14)7-5-3-6-12-9(7)11/h3,5-6,8H,2,4H2,1H3,(H,13,14). The second-order valence-corrected chi connectivity index (χ2v) is 3.42. The fourth-order valence-corrected chi connectivity index (χ4v) is 1.61. The number of rotatable bonds is 4. The third kappa shape index (κ3) is 2.45. The molecule has 0 saturated heterocycles. The van der Waals surface area contributed by atoms with Gasteiger partial charge < -0.3 is 5.11 Å². The number of hydrogen-bond acceptors (Lipinski definition) is 2. The van der Waals surface area contributed by atoms with Crippen LogP contribution in [0.1, 0.15) is 31.2 Å². The van der Waals surface area contributed by atoms with Gasteiger partial charge in [0.05, 0.1) is 5.92 Å². The third-order valence-corrected chi connectivity index (χ3v) is 2.35. The normalized spacial score (nSPS) is 12.4. The van der Waals surface area contributed by atoms with Crippen LogP contribution in [0, 0.1) is 0 Å². The number of carboxylic acid groups (broad SMARTS) is 1. The van der Waals surface area contributed by atoms with Gasteiger partial charge in [0.15, 0.2) is 0 Å². The van der Waals surface area contributed by atoms with Crippen molar-refractivity contribution in [3.8, 4) is 0 Å². The molecule has 1 heterocycles. The zero-order valence-corrected chi connectivity index (χ0v) is 8.66. The van der Waals surface area contributed by atoms with Crippen LogP contribution in [-0.4, -0.2) is 16.1 Å². The van der Waals surface area contributed by atoms with Crippen molar-refractivity contribution in [2.24, 2.45) is 0 Å². The summed E-state index contributed by atoms with van der Waals surface area (Å²) in [6, 6.07) is 3.41. The van der Waals surface area contributed by atoms with Gasteiger partial charge in [-0.3, -0.25) is 4.79 Å². The van der Waals surface area contributed by atoms with E-state index in [0.717, 1.165) is 6.42 Å². The third-order valence-electron chi connectivity index (χ3n) is 2.04. The van der Waals surface area contributed by atoms with E-state index in [1.54, 1.807) is 18.3 Å². The van der Waals surface area contributed by atoms with Crippen molar-refractivity contribution in [2.45, 2.75) is 25.7 Å². The van der Waals surface area contributed by atoms with Gasteiger partial charge in [0.2, 0.25) is 0 Å². The molecule has 1 N–H and O–H groups in total. The van der Waals surface area contributed by atoms with E-state index in [9.17, 15) is 4.79 Å². The summed E-state index contributed by atoms with van der Waals surface area (Å²) in [5.41, 5.74) is 0.600. The first-order valence-corrected chi connectivity index (χ1v) is 4.87. The molecule has 14 heavy (non-hydrogen) atoms. The van der Waals surface area contributed by atoms with Crippen molar-refractivity contribution in [2.75, 3.05) is 0 Å². The molecule has 0 aliphatic rings. The largest absolute Gasteiger partial charge is 0.481 e. The van der Waals surface area contributed by atoms with Crippen LogP contribution in [-0.2, 0) is 4.79 Å². The summed E-state index contributed by atoms with van der Waals surface area (Å²) >= 11 is 5.82. The number of aromatic nitrogens is 1. The molecular weight excluding hydrogens is 202 g/mol. The summed E-state index contributed by atoms with van der Waals surface area (Å²) in [6.45, 7) is 1.94. The number of hydrogen-bond donors (Lipinski definition) is 1. The van der Waals surface area contributed by atoms with Crippen LogP contribution in [0.15, 0.2) is 18.3 Å². The summed E-state index contributed by atoms with van der Waals surface area (Å²) in [5.74, 6) is -1.39. The summed E-state index contributed by atoms with van der Waals surface area (Å²) in [4.78, 5) is 14.8. The van der Waals surface area contributed by atoms with E-state index < -0.39 is 11.9 Å². The molecule has 0 aliphatic carbocycles. The highest BCUT2D eigenvalue weighted by Crippen LogP contribution is 2.26. The van der Waals surface area contributed by atoms with Crippen molar-refractivity contribution in [1.29, 1.82) is 0 Å². The molecule has 3 nitrogen and oxygen atoms in total. The van der Waals surface area contributed by atoms with E-state index >= 15 is 0 Å². The fourth-order valence-electron chi connectivity index (χ4n) is 1.36. The predicted octanol–water partition coefficient (Wildman–Crippen LogP) is 2.70. The molecule has 76 valence electrons. The maximum absolute atomic E-state index is 11.0. The lowest BCUT2D eigenvalue weighted by molar-refractivity contribution is -0.139. The second-order valence-electron chi connectivity index (χ2n) is 3.06. The SMILES string of the molecule is CCCC(C(=O)O)c1cccnc1Cl. The van der Waals surface area contributed by atoms with Crippen LogP contribution in [0.25, 0.3) is 0 Å². The van der Waals surface area contributed by atoms with Crippen LogP contribution in [0.3, 0.4) is 0 Å². The first-order chi connectivity index (χ1) is 6.66. The Bertz CT molecular complexity index is 328. The Kier molecular flexibility index (Phi) is 3.89. The quantitative estimate of drug-likeness (QED) is 0.783. The first kappa shape index (κ1) is 11.0. The maximum atomic E-state index is 11.0. The van der Waals surface area contributed by atoms with Gasteiger partial charge in [-0.25, -0.2) is 4.98 Å². The summed E-state index contributed by atoms with van der Waals surface area (Å²) in [6.07, 6.45) is 2.94. The topological polar surface area (TPSA) is 50.2 Å². The minimum absolute atomic E-state index is 0.286. The van der Waals surface area contributed by atoms with Gasteiger partial charge in [0.1, 0.15) is 5.15 Å². The Labute approximate surface area is 87.7 Å². The van der Waals surface area contributed by atoms with E-state index in [4.69, 9.17) is 16.7 Å². The molecule has 4 heteroatoms. The Morgan fingerprint density at radius 1 is 1.71 bits per heavy atom. The highest BCUT2D eigenvalue weighted by Gasteiger charge is 2.21. The van der Waals surface area contributed by atoms with Crippen LogP contribution in [0.4, 0.5) is 0 Å². The Balaban J connectivity index is 2.99. The molecule has 1 atom stereocenters. The van der Waals surface area contributed by atoms with Crippen LogP contribution >= 0.6 is 11.6 Å². The number of nitrogens with zero attached hydrogens (tertiary/aromatic N) is 1. The lowest BCUT2D eigenvalue weighted by Crippen LogP contribution is -2.12. The van der Waals surface area contributed by atoms with E-state index in [-0.39, 0.29) is 5.15 Å². The number of carbonyl (C=O) groups is 1. The van der Waals surface area contributed by atoms with Crippen molar-refractivity contribution < 1.29 is 9.90 Å². The van der Waals surface area contributed by atoms with E-state index in [1.165, 1.54) is 0 Å². The van der Waals surface area contributed by atoms with Crippen LogP contribution in [0.5, 0.6) is 0 Å². The van der Waals surface area contributed by atoms with Crippen molar-refractivity contribution in [1.82, 2.24) is 4.98 Å². The first-order valence-electron chi connectivity index (χ1n) is 4.50. The van der Waals surface area contributed by atoms with Gasteiger partial charge in [0.25, 0.3) is 0 Å². The number of carboxylic acids is 1. The Morgan fingerprint density at radius 3 is 2.93 bits per heavy atom. The lowest BCUT2D eigenvalue weighted by atomic mass is 9.96. The highest BCUT2D eigenvalue weighted by molar-refractivity contribution is 6.30. The van der Waals surface area contributed by atoms with Gasteiger partial charge >= 0.3 is 5.97 Å². The highest BCUT2D eigenvalue weighted by atomic mass is 35.5. The van der Waals surface area contributed by atoms with Crippen molar-refractivity contribution in [3.63, 3.8) is 0 Å². The van der Waals surface area contributed by atoms with Gasteiger partial charge in [0, 0.05) is 11.8 Å². The predicted molar refractivity (Wildman–Crippen MR) is 54.5 cm³/mol. The molecule has 0 bridgehead atoms. The average Bonchev–Trinajstić information content (AvgIpc) is 2.15. The average molecular weight is 214 g/mol. The summed E-state index contributed by atoms with van der Waals surface area (Å²) in [7, 11) is 0. The minimum Gasteiger partial charge on any atom is -0.481 e. The smallest absolute Gasteiger partial charge is 0.311 e. The molecule has 1 aromatic rings.